The number of carbonyl (C=O) groups excluding carboxylic acids is 1. The normalized spacial score (nSPS) is 29.8. The van der Waals surface area contributed by atoms with Gasteiger partial charge in [-0.15, -0.1) is 0 Å². The number of aliphatic hydroxyl groups is 1. The molecule has 2 unspecified atom stereocenters. The second-order valence-electron chi connectivity index (χ2n) is 5.43. The summed E-state index contributed by atoms with van der Waals surface area (Å²) in [6, 6.07) is 0.581. The highest BCUT2D eigenvalue weighted by Gasteiger charge is 2.30. The first kappa shape index (κ1) is 12.8. The Morgan fingerprint density at radius 1 is 1.24 bits per heavy atom. The first-order valence-electron chi connectivity index (χ1n) is 6.85. The maximum Gasteiger partial charge on any atom is 0.236 e. The van der Waals surface area contributed by atoms with Crippen molar-refractivity contribution in [2.75, 3.05) is 13.6 Å². The van der Waals surface area contributed by atoms with E-state index in [4.69, 9.17) is 0 Å². The van der Waals surface area contributed by atoms with Gasteiger partial charge in [-0.3, -0.25) is 4.79 Å². The minimum atomic E-state index is -0.281. The Hall–Kier alpha value is -0.610. The monoisotopic (exact) mass is 240 g/mol. The fourth-order valence-electron chi connectivity index (χ4n) is 2.53. The van der Waals surface area contributed by atoms with Crippen LogP contribution in [0.25, 0.3) is 0 Å². The molecule has 2 aliphatic rings. The molecule has 98 valence electrons. The molecule has 1 amide bonds. The van der Waals surface area contributed by atoms with Gasteiger partial charge in [0.1, 0.15) is 0 Å². The summed E-state index contributed by atoms with van der Waals surface area (Å²) >= 11 is 0. The maximum absolute atomic E-state index is 11.8. The van der Waals surface area contributed by atoms with Gasteiger partial charge in [0.25, 0.3) is 0 Å². The van der Waals surface area contributed by atoms with Gasteiger partial charge in [-0.1, -0.05) is 19.3 Å². The van der Waals surface area contributed by atoms with Gasteiger partial charge in [-0.05, 0) is 25.7 Å². The van der Waals surface area contributed by atoms with E-state index in [1.807, 2.05) is 11.9 Å². The summed E-state index contributed by atoms with van der Waals surface area (Å²) in [6.45, 7) is 0.370. The Balaban J connectivity index is 1.73. The molecule has 0 saturated heterocycles. The lowest BCUT2D eigenvalue weighted by Gasteiger charge is -2.23. The van der Waals surface area contributed by atoms with Crippen LogP contribution in [0.3, 0.4) is 0 Å². The highest BCUT2D eigenvalue weighted by Crippen LogP contribution is 2.25. The van der Waals surface area contributed by atoms with Crippen molar-refractivity contribution in [2.45, 2.75) is 63.1 Å². The molecule has 0 aromatic rings. The Labute approximate surface area is 103 Å². The van der Waals surface area contributed by atoms with Crippen molar-refractivity contribution in [1.82, 2.24) is 10.2 Å². The average molecular weight is 240 g/mol. The van der Waals surface area contributed by atoms with Crippen LogP contribution in [0.2, 0.25) is 0 Å². The van der Waals surface area contributed by atoms with Crippen molar-refractivity contribution in [3.8, 4) is 0 Å². The van der Waals surface area contributed by atoms with Crippen molar-refractivity contribution in [3.63, 3.8) is 0 Å². The van der Waals surface area contributed by atoms with Crippen LogP contribution < -0.4 is 5.32 Å². The maximum atomic E-state index is 11.8. The van der Waals surface area contributed by atoms with Crippen molar-refractivity contribution >= 4 is 5.91 Å². The average Bonchev–Trinajstić information content (AvgIpc) is 3.13. The van der Waals surface area contributed by atoms with E-state index in [0.717, 1.165) is 38.5 Å². The molecular weight excluding hydrogens is 216 g/mol. The molecule has 0 heterocycles. The van der Waals surface area contributed by atoms with Gasteiger partial charge in [0.15, 0.2) is 0 Å². The molecule has 0 aliphatic heterocycles. The Morgan fingerprint density at radius 3 is 2.65 bits per heavy atom. The standard InChI is InChI=1S/C13H24N2O2/c1-15(10-7-8-10)13(17)9-14-11-5-3-2-4-6-12(11)16/h10-12,14,16H,2-9H2,1H3. The molecule has 2 rings (SSSR count). The smallest absolute Gasteiger partial charge is 0.236 e. The fraction of sp³-hybridized carbons (Fsp3) is 0.923. The molecule has 2 aliphatic carbocycles. The predicted molar refractivity (Wildman–Crippen MR) is 66.7 cm³/mol. The van der Waals surface area contributed by atoms with Gasteiger partial charge in [-0.2, -0.15) is 0 Å². The van der Waals surface area contributed by atoms with Crippen LogP contribution in [0.1, 0.15) is 44.9 Å². The number of aliphatic hydroxyl groups excluding tert-OH is 1. The van der Waals surface area contributed by atoms with E-state index in [1.54, 1.807) is 0 Å². The number of amides is 1. The second kappa shape index (κ2) is 5.83. The Kier molecular flexibility index (Phi) is 4.40. The molecule has 2 atom stereocenters. The number of carbonyl (C=O) groups is 1. The van der Waals surface area contributed by atoms with E-state index < -0.39 is 0 Å². The summed E-state index contributed by atoms with van der Waals surface area (Å²) in [5.41, 5.74) is 0. The summed E-state index contributed by atoms with van der Waals surface area (Å²) in [5.74, 6) is 0.156. The molecule has 0 aromatic heterocycles. The SMILES string of the molecule is CN(C(=O)CNC1CCCCCC1O)C1CC1. The lowest BCUT2D eigenvalue weighted by Crippen LogP contribution is -2.45. The number of rotatable bonds is 4. The molecule has 0 radical (unpaired) electrons. The van der Waals surface area contributed by atoms with Gasteiger partial charge in [0.2, 0.25) is 5.91 Å². The van der Waals surface area contributed by atoms with E-state index in [9.17, 15) is 9.90 Å². The molecule has 2 saturated carbocycles. The number of hydrogen-bond acceptors (Lipinski definition) is 3. The van der Waals surface area contributed by atoms with Crippen LogP contribution in [0.4, 0.5) is 0 Å². The van der Waals surface area contributed by atoms with Gasteiger partial charge >= 0.3 is 0 Å². The first-order chi connectivity index (χ1) is 8.18. The van der Waals surface area contributed by atoms with E-state index in [0.29, 0.717) is 12.6 Å². The topological polar surface area (TPSA) is 52.6 Å². The summed E-state index contributed by atoms with van der Waals surface area (Å²) in [7, 11) is 1.88. The highest BCUT2D eigenvalue weighted by atomic mass is 16.3. The van der Waals surface area contributed by atoms with Crippen molar-refractivity contribution in [2.24, 2.45) is 0 Å². The van der Waals surface area contributed by atoms with Crippen LogP contribution >= 0.6 is 0 Å². The fourth-order valence-corrected chi connectivity index (χ4v) is 2.53. The van der Waals surface area contributed by atoms with E-state index in [2.05, 4.69) is 5.32 Å². The zero-order valence-electron chi connectivity index (χ0n) is 10.7. The van der Waals surface area contributed by atoms with Crippen molar-refractivity contribution < 1.29 is 9.90 Å². The van der Waals surface area contributed by atoms with Crippen LogP contribution in [-0.2, 0) is 4.79 Å². The number of nitrogens with zero attached hydrogens (tertiary/aromatic N) is 1. The summed E-state index contributed by atoms with van der Waals surface area (Å²) in [5, 5.41) is 13.2. The third kappa shape index (κ3) is 3.68. The summed E-state index contributed by atoms with van der Waals surface area (Å²) in [4.78, 5) is 13.7. The van der Waals surface area contributed by atoms with Crippen molar-refractivity contribution in [3.05, 3.63) is 0 Å². The van der Waals surface area contributed by atoms with Gasteiger partial charge < -0.3 is 15.3 Å². The molecule has 4 heteroatoms. The minimum absolute atomic E-state index is 0.106. The lowest BCUT2D eigenvalue weighted by atomic mass is 10.1. The minimum Gasteiger partial charge on any atom is -0.392 e. The van der Waals surface area contributed by atoms with Crippen LogP contribution in [0.5, 0.6) is 0 Å². The van der Waals surface area contributed by atoms with Gasteiger partial charge in [0, 0.05) is 19.1 Å². The molecule has 2 N–H and O–H groups in total. The van der Waals surface area contributed by atoms with Crippen LogP contribution in [-0.4, -0.2) is 47.7 Å². The number of hydrogen-bond donors (Lipinski definition) is 2. The zero-order chi connectivity index (χ0) is 12.3. The van der Waals surface area contributed by atoms with E-state index in [1.165, 1.54) is 6.42 Å². The highest BCUT2D eigenvalue weighted by molar-refractivity contribution is 5.78. The third-order valence-corrected chi connectivity index (χ3v) is 3.98. The predicted octanol–water partition coefficient (Wildman–Crippen LogP) is 0.890. The first-order valence-corrected chi connectivity index (χ1v) is 6.85. The van der Waals surface area contributed by atoms with Gasteiger partial charge in [0.05, 0.1) is 12.6 Å². The number of nitrogens with one attached hydrogen (secondary N) is 1. The Bertz CT molecular complexity index is 266. The molecule has 4 nitrogen and oxygen atoms in total. The molecule has 0 aromatic carbocycles. The third-order valence-electron chi connectivity index (χ3n) is 3.98. The summed E-state index contributed by atoms with van der Waals surface area (Å²) in [6.07, 6.45) is 7.33. The van der Waals surface area contributed by atoms with E-state index in [-0.39, 0.29) is 18.1 Å². The Morgan fingerprint density at radius 2 is 1.94 bits per heavy atom. The van der Waals surface area contributed by atoms with Crippen LogP contribution in [0, 0.1) is 0 Å². The van der Waals surface area contributed by atoms with Gasteiger partial charge in [-0.25, -0.2) is 0 Å². The zero-order valence-corrected chi connectivity index (χ0v) is 10.7. The molecule has 0 bridgehead atoms. The summed E-state index contributed by atoms with van der Waals surface area (Å²) < 4.78 is 0. The number of likely N-dealkylation sites (N-methyl/N-ethyl adjacent to an activating group) is 1. The molecule has 17 heavy (non-hydrogen) atoms. The quantitative estimate of drug-likeness (QED) is 0.718. The van der Waals surface area contributed by atoms with E-state index >= 15 is 0 Å². The molecule has 0 spiro atoms. The van der Waals surface area contributed by atoms with Crippen LogP contribution in [0.15, 0.2) is 0 Å². The molecular formula is C13H24N2O2. The lowest BCUT2D eigenvalue weighted by molar-refractivity contribution is -0.129. The largest absolute Gasteiger partial charge is 0.392 e. The molecule has 2 fully saturated rings. The second-order valence-corrected chi connectivity index (χ2v) is 5.43. The van der Waals surface area contributed by atoms with Crippen molar-refractivity contribution in [1.29, 1.82) is 0 Å².